The van der Waals surface area contributed by atoms with Crippen molar-refractivity contribution in [2.24, 2.45) is 0 Å². The summed E-state index contributed by atoms with van der Waals surface area (Å²) in [6.45, 7) is 0. The topological polar surface area (TPSA) is 66.4 Å². The average molecular weight is 281 g/mol. The normalized spacial score (nSPS) is 24.7. The van der Waals surface area contributed by atoms with Crippen molar-refractivity contribution in [3.8, 4) is 0 Å². The molecule has 2 rings (SSSR count). The predicted molar refractivity (Wildman–Crippen MR) is 75.8 cm³/mol. The SMILES string of the molecule is O=S(=O)(/C=C/c1ccccc1)NC1CCCC(O)C1. The highest BCUT2D eigenvalue weighted by molar-refractivity contribution is 7.92. The van der Waals surface area contributed by atoms with E-state index in [4.69, 9.17) is 0 Å². The van der Waals surface area contributed by atoms with E-state index in [1.165, 1.54) is 5.41 Å². The minimum atomic E-state index is -3.44. The summed E-state index contributed by atoms with van der Waals surface area (Å²) in [5, 5.41) is 10.7. The van der Waals surface area contributed by atoms with Gasteiger partial charge in [-0.05, 0) is 37.3 Å². The second kappa shape index (κ2) is 6.32. The van der Waals surface area contributed by atoms with Gasteiger partial charge in [-0.1, -0.05) is 30.3 Å². The Bertz CT molecular complexity index is 525. The molecule has 0 heterocycles. The summed E-state index contributed by atoms with van der Waals surface area (Å²) in [5.41, 5.74) is 0.844. The summed E-state index contributed by atoms with van der Waals surface area (Å²) in [6, 6.07) is 9.13. The zero-order chi connectivity index (χ0) is 13.7. The van der Waals surface area contributed by atoms with Gasteiger partial charge in [0.05, 0.1) is 6.10 Å². The molecular formula is C14H19NO3S. The Hall–Kier alpha value is -1.17. The lowest BCUT2D eigenvalue weighted by atomic mass is 9.94. The van der Waals surface area contributed by atoms with Crippen LogP contribution in [-0.4, -0.2) is 25.7 Å². The third-order valence-corrected chi connectivity index (χ3v) is 4.37. The fraction of sp³-hybridized carbons (Fsp3) is 0.429. The van der Waals surface area contributed by atoms with Crippen LogP contribution in [0, 0.1) is 0 Å². The van der Waals surface area contributed by atoms with Crippen molar-refractivity contribution in [3.05, 3.63) is 41.3 Å². The standard InChI is InChI=1S/C14H19NO3S/c16-14-8-4-7-13(11-14)15-19(17,18)10-9-12-5-2-1-3-6-12/h1-3,5-6,9-10,13-16H,4,7-8,11H2/b10-9+. The maximum absolute atomic E-state index is 11.9. The molecule has 1 saturated carbocycles. The maximum Gasteiger partial charge on any atom is 0.233 e. The summed E-state index contributed by atoms with van der Waals surface area (Å²) in [6.07, 6.45) is 4.09. The van der Waals surface area contributed by atoms with Crippen LogP contribution >= 0.6 is 0 Å². The lowest BCUT2D eigenvalue weighted by Gasteiger charge is -2.25. The summed E-state index contributed by atoms with van der Waals surface area (Å²) in [5.74, 6) is 0. The summed E-state index contributed by atoms with van der Waals surface area (Å²) >= 11 is 0. The number of hydrogen-bond donors (Lipinski definition) is 2. The van der Waals surface area contributed by atoms with Gasteiger partial charge in [0.15, 0.2) is 0 Å². The molecular weight excluding hydrogens is 262 g/mol. The maximum atomic E-state index is 11.9. The summed E-state index contributed by atoms with van der Waals surface area (Å²) < 4.78 is 26.4. The molecule has 19 heavy (non-hydrogen) atoms. The van der Waals surface area contributed by atoms with Crippen LogP contribution in [0.3, 0.4) is 0 Å². The third-order valence-electron chi connectivity index (χ3n) is 3.22. The predicted octanol–water partition coefficient (Wildman–Crippen LogP) is 1.88. The van der Waals surface area contributed by atoms with E-state index in [-0.39, 0.29) is 12.1 Å². The first kappa shape index (κ1) is 14.2. The fourth-order valence-electron chi connectivity index (χ4n) is 2.27. The molecule has 0 amide bonds. The molecule has 0 spiro atoms. The van der Waals surface area contributed by atoms with E-state index in [1.807, 2.05) is 30.3 Å². The monoisotopic (exact) mass is 281 g/mol. The Kier molecular flexibility index (Phi) is 4.74. The molecule has 0 radical (unpaired) electrons. The van der Waals surface area contributed by atoms with E-state index in [0.717, 1.165) is 24.8 Å². The highest BCUT2D eigenvalue weighted by Gasteiger charge is 2.23. The number of hydrogen-bond acceptors (Lipinski definition) is 3. The van der Waals surface area contributed by atoms with Crippen LogP contribution in [0.5, 0.6) is 0 Å². The first-order chi connectivity index (χ1) is 9.05. The zero-order valence-electron chi connectivity index (χ0n) is 10.7. The smallest absolute Gasteiger partial charge is 0.233 e. The molecule has 1 aliphatic rings. The van der Waals surface area contributed by atoms with Crippen LogP contribution in [0.4, 0.5) is 0 Å². The molecule has 104 valence electrons. The van der Waals surface area contributed by atoms with Gasteiger partial charge in [-0.25, -0.2) is 13.1 Å². The van der Waals surface area contributed by atoms with Crippen molar-refractivity contribution in [3.63, 3.8) is 0 Å². The highest BCUT2D eigenvalue weighted by Crippen LogP contribution is 2.19. The second-order valence-corrected chi connectivity index (χ2v) is 6.49. The van der Waals surface area contributed by atoms with Gasteiger partial charge >= 0.3 is 0 Å². The molecule has 0 bridgehead atoms. The molecule has 0 aromatic heterocycles. The van der Waals surface area contributed by atoms with Crippen molar-refractivity contribution in [1.82, 2.24) is 4.72 Å². The van der Waals surface area contributed by atoms with Gasteiger partial charge in [-0.2, -0.15) is 0 Å². The largest absolute Gasteiger partial charge is 0.393 e. The van der Waals surface area contributed by atoms with Crippen molar-refractivity contribution in [2.75, 3.05) is 0 Å². The lowest BCUT2D eigenvalue weighted by molar-refractivity contribution is 0.117. The highest BCUT2D eigenvalue weighted by atomic mass is 32.2. The number of aliphatic hydroxyl groups excluding tert-OH is 1. The molecule has 2 unspecified atom stereocenters. The Morgan fingerprint density at radius 2 is 1.95 bits per heavy atom. The van der Waals surface area contributed by atoms with E-state index in [0.29, 0.717) is 6.42 Å². The lowest BCUT2D eigenvalue weighted by Crippen LogP contribution is -2.38. The number of sulfonamides is 1. The third kappa shape index (κ3) is 4.78. The van der Waals surface area contributed by atoms with Crippen LogP contribution in [0.25, 0.3) is 6.08 Å². The van der Waals surface area contributed by atoms with Gasteiger partial charge in [0.2, 0.25) is 10.0 Å². The van der Waals surface area contributed by atoms with Gasteiger partial charge in [0.25, 0.3) is 0 Å². The van der Waals surface area contributed by atoms with Gasteiger partial charge in [-0.3, -0.25) is 0 Å². The molecule has 1 fully saturated rings. The molecule has 2 N–H and O–H groups in total. The van der Waals surface area contributed by atoms with Gasteiger partial charge in [0, 0.05) is 11.4 Å². The molecule has 5 heteroatoms. The summed E-state index contributed by atoms with van der Waals surface area (Å²) in [4.78, 5) is 0. The van der Waals surface area contributed by atoms with E-state index in [1.54, 1.807) is 6.08 Å². The quantitative estimate of drug-likeness (QED) is 0.885. The van der Waals surface area contributed by atoms with E-state index in [9.17, 15) is 13.5 Å². The van der Waals surface area contributed by atoms with Crippen molar-refractivity contribution < 1.29 is 13.5 Å². The van der Waals surface area contributed by atoms with Crippen LogP contribution in [0.2, 0.25) is 0 Å². The minimum Gasteiger partial charge on any atom is -0.393 e. The molecule has 1 aromatic carbocycles. The van der Waals surface area contributed by atoms with Gasteiger partial charge in [-0.15, -0.1) is 0 Å². The minimum absolute atomic E-state index is 0.158. The van der Waals surface area contributed by atoms with Gasteiger partial charge < -0.3 is 5.11 Å². The first-order valence-electron chi connectivity index (χ1n) is 6.49. The molecule has 2 atom stereocenters. The molecule has 4 nitrogen and oxygen atoms in total. The fourth-order valence-corrected chi connectivity index (χ4v) is 3.37. The molecule has 0 aliphatic heterocycles. The van der Waals surface area contributed by atoms with E-state index >= 15 is 0 Å². The van der Waals surface area contributed by atoms with Crippen molar-refractivity contribution in [2.45, 2.75) is 37.8 Å². The van der Waals surface area contributed by atoms with Crippen LogP contribution in [-0.2, 0) is 10.0 Å². The number of aliphatic hydroxyl groups is 1. The van der Waals surface area contributed by atoms with E-state index < -0.39 is 10.0 Å². The molecule has 0 saturated heterocycles. The Balaban J connectivity index is 1.97. The van der Waals surface area contributed by atoms with Gasteiger partial charge in [0.1, 0.15) is 0 Å². The number of nitrogens with one attached hydrogen (secondary N) is 1. The second-order valence-electron chi connectivity index (χ2n) is 4.89. The van der Waals surface area contributed by atoms with E-state index in [2.05, 4.69) is 4.72 Å². The van der Waals surface area contributed by atoms with Crippen LogP contribution in [0.15, 0.2) is 35.7 Å². The number of benzene rings is 1. The Labute approximate surface area is 114 Å². The molecule has 1 aliphatic carbocycles. The molecule has 1 aromatic rings. The Morgan fingerprint density at radius 3 is 2.63 bits per heavy atom. The average Bonchev–Trinajstić information content (AvgIpc) is 2.37. The first-order valence-corrected chi connectivity index (χ1v) is 8.03. The van der Waals surface area contributed by atoms with Crippen LogP contribution in [0.1, 0.15) is 31.2 Å². The summed E-state index contributed by atoms with van der Waals surface area (Å²) in [7, 11) is -3.44. The van der Waals surface area contributed by atoms with Crippen molar-refractivity contribution >= 4 is 16.1 Å². The van der Waals surface area contributed by atoms with Crippen LogP contribution < -0.4 is 4.72 Å². The van der Waals surface area contributed by atoms with Crippen molar-refractivity contribution in [1.29, 1.82) is 0 Å². The number of rotatable bonds is 4. The zero-order valence-corrected chi connectivity index (χ0v) is 11.5. The Morgan fingerprint density at radius 1 is 1.21 bits per heavy atom.